The predicted molar refractivity (Wildman–Crippen MR) is 79.5 cm³/mol. The third-order valence-electron chi connectivity index (χ3n) is 3.63. The molecule has 0 atom stereocenters. The molecule has 1 fully saturated rings. The number of hydrogen-bond donors (Lipinski definition) is 1. The van der Waals surface area contributed by atoms with Gasteiger partial charge in [-0.1, -0.05) is 6.92 Å². The van der Waals surface area contributed by atoms with Crippen molar-refractivity contribution in [2.24, 2.45) is 0 Å². The Morgan fingerprint density at radius 1 is 1.24 bits per heavy atom. The average Bonchev–Trinajstić information content (AvgIpc) is 2.73. The Labute approximate surface area is 124 Å². The summed E-state index contributed by atoms with van der Waals surface area (Å²) in [6.45, 7) is 5.05. The van der Waals surface area contributed by atoms with Crippen LogP contribution in [-0.4, -0.2) is 53.0 Å². The van der Waals surface area contributed by atoms with E-state index in [0.717, 1.165) is 38.3 Å². The molecule has 1 N–H and O–H groups in total. The third-order valence-corrected chi connectivity index (χ3v) is 3.63. The van der Waals surface area contributed by atoms with E-state index in [1.165, 1.54) is 6.20 Å². The van der Waals surface area contributed by atoms with Crippen molar-refractivity contribution < 1.29 is 14.7 Å². The number of carbonyl (C=O) groups is 2. The van der Waals surface area contributed by atoms with Crippen molar-refractivity contribution in [2.45, 2.75) is 26.2 Å². The van der Waals surface area contributed by atoms with Gasteiger partial charge in [0.25, 0.3) is 0 Å². The Kier molecular flexibility index (Phi) is 5.14. The van der Waals surface area contributed by atoms with Crippen molar-refractivity contribution in [1.82, 2.24) is 9.88 Å². The Balaban J connectivity index is 1.99. The molecule has 1 aliphatic heterocycles. The van der Waals surface area contributed by atoms with Crippen LogP contribution >= 0.6 is 0 Å². The van der Waals surface area contributed by atoms with Crippen molar-refractivity contribution in [3.63, 3.8) is 0 Å². The number of aromatic nitrogens is 1. The summed E-state index contributed by atoms with van der Waals surface area (Å²) in [6.07, 6.45) is 3.75. The van der Waals surface area contributed by atoms with Crippen molar-refractivity contribution in [1.29, 1.82) is 0 Å². The van der Waals surface area contributed by atoms with E-state index < -0.39 is 5.97 Å². The van der Waals surface area contributed by atoms with Gasteiger partial charge >= 0.3 is 5.97 Å². The van der Waals surface area contributed by atoms with Crippen molar-refractivity contribution in [3.05, 3.63) is 23.9 Å². The Hall–Kier alpha value is -2.11. The number of carboxylic acids is 1. The average molecular weight is 291 g/mol. The summed E-state index contributed by atoms with van der Waals surface area (Å²) in [4.78, 5) is 31.0. The van der Waals surface area contributed by atoms with Gasteiger partial charge in [0.05, 0.1) is 5.56 Å². The lowest BCUT2D eigenvalue weighted by Crippen LogP contribution is -2.35. The molecule has 1 amide bonds. The maximum Gasteiger partial charge on any atom is 0.337 e. The second-order valence-electron chi connectivity index (χ2n) is 5.18. The van der Waals surface area contributed by atoms with Gasteiger partial charge in [0, 0.05) is 38.8 Å². The van der Waals surface area contributed by atoms with Crippen LogP contribution in [0, 0.1) is 0 Å². The van der Waals surface area contributed by atoms with Gasteiger partial charge in [0.15, 0.2) is 0 Å². The summed E-state index contributed by atoms with van der Waals surface area (Å²) in [5.74, 6) is 0.0135. The third kappa shape index (κ3) is 3.93. The van der Waals surface area contributed by atoms with Crippen LogP contribution in [0.4, 0.5) is 5.82 Å². The van der Waals surface area contributed by atoms with Crippen LogP contribution in [0.15, 0.2) is 18.3 Å². The highest BCUT2D eigenvalue weighted by Crippen LogP contribution is 2.15. The number of amides is 1. The molecule has 0 spiro atoms. The fraction of sp³-hybridized carbons (Fsp3) is 0.533. The van der Waals surface area contributed by atoms with Gasteiger partial charge in [-0.2, -0.15) is 0 Å². The zero-order chi connectivity index (χ0) is 15.2. The molecule has 1 aromatic rings. The molecule has 21 heavy (non-hydrogen) atoms. The molecule has 0 radical (unpaired) electrons. The topological polar surface area (TPSA) is 73.7 Å². The predicted octanol–water partition coefficient (Wildman–Crippen LogP) is 1.62. The minimum atomic E-state index is -0.971. The molecule has 6 heteroatoms. The van der Waals surface area contributed by atoms with Gasteiger partial charge in [0.1, 0.15) is 5.82 Å². The number of aromatic carboxylic acids is 1. The molecule has 0 aromatic carbocycles. The van der Waals surface area contributed by atoms with Crippen molar-refractivity contribution >= 4 is 17.7 Å². The van der Waals surface area contributed by atoms with Crippen LogP contribution in [0.5, 0.6) is 0 Å². The number of rotatable bonds is 4. The summed E-state index contributed by atoms with van der Waals surface area (Å²) < 4.78 is 0. The van der Waals surface area contributed by atoms with Crippen LogP contribution in [0.1, 0.15) is 36.5 Å². The van der Waals surface area contributed by atoms with Gasteiger partial charge < -0.3 is 14.9 Å². The summed E-state index contributed by atoms with van der Waals surface area (Å²) in [7, 11) is 0. The van der Waals surface area contributed by atoms with Gasteiger partial charge in [-0.3, -0.25) is 4.79 Å². The summed E-state index contributed by atoms with van der Waals surface area (Å²) >= 11 is 0. The van der Waals surface area contributed by atoms with Gasteiger partial charge in [-0.05, 0) is 25.0 Å². The van der Waals surface area contributed by atoms with E-state index in [2.05, 4.69) is 9.88 Å². The smallest absolute Gasteiger partial charge is 0.337 e. The molecule has 0 saturated carbocycles. The highest BCUT2D eigenvalue weighted by molar-refractivity contribution is 5.87. The molecule has 6 nitrogen and oxygen atoms in total. The van der Waals surface area contributed by atoms with Gasteiger partial charge in [0.2, 0.25) is 5.91 Å². The normalized spacial score (nSPS) is 15.7. The molecular formula is C15H21N3O3. The first-order chi connectivity index (χ1) is 10.1. The van der Waals surface area contributed by atoms with Crippen LogP contribution < -0.4 is 4.90 Å². The maximum absolute atomic E-state index is 11.9. The van der Waals surface area contributed by atoms with E-state index in [-0.39, 0.29) is 11.5 Å². The first kappa shape index (κ1) is 15.3. The Bertz CT molecular complexity index is 501. The summed E-state index contributed by atoms with van der Waals surface area (Å²) in [5, 5.41) is 8.88. The van der Waals surface area contributed by atoms with Crippen molar-refractivity contribution in [3.8, 4) is 0 Å². The number of hydrogen-bond acceptors (Lipinski definition) is 4. The van der Waals surface area contributed by atoms with Gasteiger partial charge in [-0.25, -0.2) is 9.78 Å². The van der Waals surface area contributed by atoms with Crippen LogP contribution in [0.25, 0.3) is 0 Å². The first-order valence-electron chi connectivity index (χ1n) is 7.34. The van der Waals surface area contributed by atoms with Gasteiger partial charge in [-0.15, -0.1) is 0 Å². The molecule has 1 saturated heterocycles. The zero-order valence-electron chi connectivity index (χ0n) is 12.3. The number of carboxylic acid groups (broad SMARTS) is 1. The maximum atomic E-state index is 11.9. The largest absolute Gasteiger partial charge is 0.478 e. The van der Waals surface area contributed by atoms with E-state index in [1.807, 2.05) is 11.8 Å². The highest BCUT2D eigenvalue weighted by atomic mass is 16.4. The molecular weight excluding hydrogens is 270 g/mol. The Morgan fingerprint density at radius 2 is 2.05 bits per heavy atom. The fourth-order valence-corrected chi connectivity index (χ4v) is 2.47. The number of nitrogens with zero attached hydrogens (tertiary/aromatic N) is 3. The molecule has 0 bridgehead atoms. The first-order valence-corrected chi connectivity index (χ1v) is 7.34. The number of anilines is 1. The molecule has 1 aliphatic rings. The van der Waals surface area contributed by atoms with E-state index in [9.17, 15) is 9.59 Å². The van der Waals surface area contributed by atoms with E-state index in [1.54, 1.807) is 12.1 Å². The minimum absolute atomic E-state index is 0.188. The lowest BCUT2D eigenvalue weighted by atomic mass is 10.3. The monoisotopic (exact) mass is 291 g/mol. The van der Waals surface area contributed by atoms with Crippen LogP contribution in [0.3, 0.4) is 0 Å². The highest BCUT2D eigenvalue weighted by Gasteiger charge is 2.19. The molecule has 114 valence electrons. The lowest BCUT2D eigenvalue weighted by Gasteiger charge is -2.22. The van der Waals surface area contributed by atoms with Crippen LogP contribution in [-0.2, 0) is 4.79 Å². The SMILES string of the molecule is CCCC(=O)N1CCCN(c2ccc(C(=O)O)cn2)CC1. The Morgan fingerprint density at radius 3 is 2.67 bits per heavy atom. The molecule has 1 aromatic heterocycles. The van der Waals surface area contributed by atoms with Crippen LogP contribution in [0.2, 0.25) is 0 Å². The summed E-state index contributed by atoms with van der Waals surface area (Å²) in [5.41, 5.74) is 0.188. The van der Waals surface area contributed by atoms with E-state index in [4.69, 9.17) is 5.11 Å². The molecule has 2 rings (SSSR count). The zero-order valence-corrected chi connectivity index (χ0v) is 12.3. The molecule has 0 aliphatic carbocycles. The fourth-order valence-electron chi connectivity index (χ4n) is 2.47. The number of carbonyl (C=O) groups excluding carboxylic acids is 1. The lowest BCUT2D eigenvalue weighted by molar-refractivity contribution is -0.131. The quantitative estimate of drug-likeness (QED) is 0.912. The standard InChI is InChI=1S/C15H21N3O3/c1-2-4-14(19)18-8-3-7-17(9-10-18)13-6-5-12(11-16-13)15(20)21/h5-6,11H,2-4,7-10H2,1H3,(H,20,21). The van der Waals surface area contributed by atoms with E-state index in [0.29, 0.717) is 13.0 Å². The number of pyridine rings is 1. The molecule has 0 unspecified atom stereocenters. The minimum Gasteiger partial charge on any atom is -0.478 e. The molecule has 2 heterocycles. The van der Waals surface area contributed by atoms with E-state index >= 15 is 0 Å². The van der Waals surface area contributed by atoms with Crippen molar-refractivity contribution in [2.75, 3.05) is 31.1 Å². The summed E-state index contributed by atoms with van der Waals surface area (Å²) in [6, 6.07) is 3.29. The second kappa shape index (κ2) is 7.06. The second-order valence-corrected chi connectivity index (χ2v) is 5.18.